The van der Waals surface area contributed by atoms with Crippen LogP contribution in [0.2, 0.25) is 0 Å². The first-order valence-corrected chi connectivity index (χ1v) is 4.39. The first-order chi connectivity index (χ1) is 6.31. The standard InChI is InChI=1S/C10H13NO2/c1-11-4-5-13-10-3-2-8(7-12)6-9(10)11/h2-3,6,12H,4-5,7H2,1H3. The third-order valence-corrected chi connectivity index (χ3v) is 2.30. The molecule has 3 nitrogen and oxygen atoms in total. The molecule has 0 radical (unpaired) electrons. The number of nitrogens with zero attached hydrogens (tertiary/aromatic N) is 1. The molecule has 0 bridgehead atoms. The molecule has 0 aromatic heterocycles. The van der Waals surface area contributed by atoms with E-state index in [0.717, 1.165) is 30.2 Å². The van der Waals surface area contributed by atoms with E-state index < -0.39 is 0 Å². The van der Waals surface area contributed by atoms with E-state index in [-0.39, 0.29) is 6.61 Å². The Bertz CT molecular complexity index is 312. The minimum absolute atomic E-state index is 0.0844. The SMILES string of the molecule is CN1CCOc2ccc(CO)cc21. The zero-order valence-corrected chi connectivity index (χ0v) is 7.66. The highest BCUT2D eigenvalue weighted by Crippen LogP contribution is 2.31. The molecule has 0 atom stereocenters. The monoisotopic (exact) mass is 179 g/mol. The average Bonchev–Trinajstić information content (AvgIpc) is 2.18. The second-order valence-corrected chi connectivity index (χ2v) is 3.23. The van der Waals surface area contributed by atoms with Gasteiger partial charge in [-0.3, -0.25) is 0 Å². The van der Waals surface area contributed by atoms with Gasteiger partial charge in [-0.15, -0.1) is 0 Å². The summed E-state index contributed by atoms with van der Waals surface area (Å²) >= 11 is 0. The van der Waals surface area contributed by atoms with Gasteiger partial charge in [-0.2, -0.15) is 0 Å². The summed E-state index contributed by atoms with van der Waals surface area (Å²) in [6.45, 7) is 1.73. The van der Waals surface area contributed by atoms with E-state index in [1.807, 2.05) is 25.2 Å². The maximum atomic E-state index is 8.97. The van der Waals surface area contributed by atoms with Crippen LogP contribution in [0.1, 0.15) is 5.56 Å². The van der Waals surface area contributed by atoms with Crippen molar-refractivity contribution in [3.05, 3.63) is 23.8 Å². The fraction of sp³-hybridized carbons (Fsp3) is 0.400. The van der Waals surface area contributed by atoms with Crippen LogP contribution in [0.25, 0.3) is 0 Å². The van der Waals surface area contributed by atoms with E-state index in [0.29, 0.717) is 0 Å². The Morgan fingerprint density at radius 2 is 2.38 bits per heavy atom. The first-order valence-electron chi connectivity index (χ1n) is 4.39. The third kappa shape index (κ3) is 1.47. The molecule has 1 aromatic rings. The molecule has 0 unspecified atom stereocenters. The number of benzene rings is 1. The van der Waals surface area contributed by atoms with Crippen molar-refractivity contribution in [3.63, 3.8) is 0 Å². The van der Waals surface area contributed by atoms with Crippen LogP contribution < -0.4 is 9.64 Å². The number of rotatable bonds is 1. The van der Waals surface area contributed by atoms with Gasteiger partial charge in [-0.1, -0.05) is 6.07 Å². The summed E-state index contributed by atoms with van der Waals surface area (Å²) in [4.78, 5) is 2.14. The minimum atomic E-state index is 0.0844. The molecular weight excluding hydrogens is 166 g/mol. The van der Waals surface area contributed by atoms with Gasteiger partial charge in [-0.25, -0.2) is 0 Å². The van der Waals surface area contributed by atoms with E-state index in [1.54, 1.807) is 0 Å². The number of anilines is 1. The Kier molecular flexibility index (Phi) is 2.10. The zero-order valence-electron chi connectivity index (χ0n) is 7.66. The number of aliphatic hydroxyl groups excluding tert-OH is 1. The highest BCUT2D eigenvalue weighted by molar-refractivity contribution is 5.60. The maximum Gasteiger partial charge on any atom is 0.142 e. The fourth-order valence-electron chi connectivity index (χ4n) is 1.49. The molecule has 0 amide bonds. The van der Waals surface area contributed by atoms with E-state index in [9.17, 15) is 0 Å². The molecule has 1 N–H and O–H groups in total. The summed E-state index contributed by atoms with van der Waals surface area (Å²) in [5.41, 5.74) is 1.99. The van der Waals surface area contributed by atoms with Crippen molar-refractivity contribution in [2.45, 2.75) is 6.61 Å². The van der Waals surface area contributed by atoms with E-state index >= 15 is 0 Å². The van der Waals surface area contributed by atoms with E-state index in [2.05, 4.69) is 4.90 Å². The van der Waals surface area contributed by atoms with Gasteiger partial charge in [0, 0.05) is 7.05 Å². The lowest BCUT2D eigenvalue weighted by molar-refractivity contribution is 0.280. The number of aliphatic hydroxyl groups is 1. The number of hydrogen-bond donors (Lipinski definition) is 1. The maximum absolute atomic E-state index is 8.97. The minimum Gasteiger partial charge on any atom is -0.490 e. The van der Waals surface area contributed by atoms with Gasteiger partial charge in [-0.05, 0) is 17.7 Å². The van der Waals surface area contributed by atoms with Gasteiger partial charge in [0.05, 0.1) is 18.8 Å². The van der Waals surface area contributed by atoms with Crippen molar-refractivity contribution in [2.75, 3.05) is 25.1 Å². The van der Waals surface area contributed by atoms with Gasteiger partial charge < -0.3 is 14.7 Å². The Hall–Kier alpha value is -1.22. The number of likely N-dealkylation sites (N-methyl/N-ethyl adjacent to an activating group) is 1. The predicted octanol–water partition coefficient (Wildman–Crippen LogP) is 1.01. The smallest absolute Gasteiger partial charge is 0.142 e. The van der Waals surface area contributed by atoms with Crippen LogP contribution in [0, 0.1) is 0 Å². The normalized spacial score (nSPS) is 15.1. The van der Waals surface area contributed by atoms with Gasteiger partial charge in [0.25, 0.3) is 0 Å². The van der Waals surface area contributed by atoms with Crippen molar-refractivity contribution in [2.24, 2.45) is 0 Å². The zero-order chi connectivity index (χ0) is 9.26. The van der Waals surface area contributed by atoms with Crippen molar-refractivity contribution in [3.8, 4) is 5.75 Å². The molecule has 0 fully saturated rings. The van der Waals surface area contributed by atoms with Crippen LogP contribution in [0.15, 0.2) is 18.2 Å². The number of ether oxygens (including phenoxy) is 1. The van der Waals surface area contributed by atoms with E-state index in [1.165, 1.54) is 0 Å². The van der Waals surface area contributed by atoms with Gasteiger partial charge >= 0.3 is 0 Å². The van der Waals surface area contributed by atoms with Crippen molar-refractivity contribution in [1.29, 1.82) is 0 Å². The molecule has 0 spiro atoms. The van der Waals surface area contributed by atoms with Crippen LogP contribution in [-0.2, 0) is 6.61 Å². The lowest BCUT2D eigenvalue weighted by Gasteiger charge is -2.27. The van der Waals surface area contributed by atoms with Crippen LogP contribution in [0.4, 0.5) is 5.69 Å². The van der Waals surface area contributed by atoms with Crippen LogP contribution >= 0.6 is 0 Å². The summed E-state index contributed by atoms with van der Waals surface area (Å²) in [6.07, 6.45) is 0. The Morgan fingerprint density at radius 3 is 3.15 bits per heavy atom. The summed E-state index contributed by atoms with van der Waals surface area (Å²) < 4.78 is 5.47. The Balaban J connectivity index is 2.41. The number of fused-ring (bicyclic) bond motifs is 1. The molecular formula is C10H13NO2. The van der Waals surface area contributed by atoms with Crippen LogP contribution in [0.5, 0.6) is 5.75 Å². The predicted molar refractivity (Wildman–Crippen MR) is 51.1 cm³/mol. The topological polar surface area (TPSA) is 32.7 Å². The quantitative estimate of drug-likeness (QED) is 0.698. The molecule has 2 rings (SSSR count). The Labute approximate surface area is 77.6 Å². The van der Waals surface area contributed by atoms with Crippen molar-refractivity contribution >= 4 is 5.69 Å². The second kappa shape index (κ2) is 3.26. The summed E-state index contributed by atoms with van der Waals surface area (Å²) in [5.74, 6) is 0.908. The highest BCUT2D eigenvalue weighted by atomic mass is 16.5. The Morgan fingerprint density at radius 1 is 1.54 bits per heavy atom. The van der Waals surface area contributed by atoms with Gasteiger partial charge in [0.15, 0.2) is 0 Å². The van der Waals surface area contributed by atoms with Crippen molar-refractivity contribution in [1.82, 2.24) is 0 Å². The molecule has 1 heterocycles. The van der Waals surface area contributed by atoms with Crippen molar-refractivity contribution < 1.29 is 9.84 Å². The fourth-order valence-corrected chi connectivity index (χ4v) is 1.49. The number of hydrogen-bond acceptors (Lipinski definition) is 3. The molecule has 1 aromatic carbocycles. The molecule has 0 aliphatic carbocycles. The summed E-state index contributed by atoms with van der Waals surface area (Å²) in [5, 5.41) is 8.97. The molecule has 3 heteroatoms. The van der Waals surface area contributed by atoms with Crippen LogP contribution in [0.3, 0.4) is 0 Å². The molecule has 0 saturated heterocycles. The van der Waals surface area contributed by atoms with E-state index in [4.69, 9.17) is 9.84 Å². The molecule has 70 valence electrons. The lowest BCUT2D eigenvalue weighted by atomic mass is 10.1. The summed E-state index contributed by atoms with van der Waals surface area (Å²) in [6, 6.07) is 5.77. The summed E-state index contributed by atoms with van der Waals surface area (Å²) in [7, 11) is 2.03. The molecule has 13 heavy (non-hydrogen) atoms. The molecule has 0 saturated carbocycles. The molecule has 1 aliphatic rings. The second-order valence-electron chi connectivity index (χ2n) is 3.23. The van der Waals surface area contributed by atoms with Gasteiger partial charge in [0.1, 0.15) is 12.4 Å². The molecule has 1 aliphatic heterocycles. The largest absolute Gasteiger partial charge is 0.490 e. The highest BCUT2D eigenvalue weighted by Gasteiger charge is 2.14. The third-order valence-electron chi connectivity index (χ3n) is 2.30. The van der Waals surface area contributed by atoms with Crippen LogP contribution in [-0.4, -0.2) is 25.3 Å². The van der Waals surface area contributed by atoms with Gasteiger partial charge in [0.2, 0.25) is 0 Å². The first kappa shape index (κ1) is 8.38. The average molecular weight is 179 g/mol. The lowest BCUT2D eigenvalue weighted by Crippen LogP contribution is -2.28.